The lowest BCUT2D eigenvalue weighted by Gasteiger charge is -2.36. The summed E-state index contributed by atoms with van der Waals surface area (Å²) < 4.78 is 14.5. The normalized spacial score (nSPS) is 15.0. The van der Waals surface area contributed by atoms with E-state index in [1.54, 1.807) is 30.3 Å². The van der Waals surface area contributed by atoms with E-state index in [0.29, 0.717) is 23.3 Å². The number of anilines is 1. The van der Waals surface area contributed by atoms with Gasteiger partial charge in [-0.25, -0.2) is 9.37 Å². The number of hydrogen-bond donors (Lipinski definition) is 1. The third kappa shape index (κ3) is 4.12. The SMILES string of the molecule is NC(=O)Cn1c(CN2CCN(c3ccc(F)cc3)CC2)nc2ccccc2c1=O. The van der Waals surface area contributed by atoms with Gasteiger partial charge < -0.3 is 10.6 Å². The number of benzene rings is 2. The van der Waals surface area contributed by atoms with E-state index in [4.69, 9.17) is 5.73 Å². The first-order valence-corrected chi connectivity index (χ1v) is 9.51. The van der Waals surface area contributed by atoms with Crippen LogP contribution in [0.3, 0.4) is 0 Å². The molecule has 1 aromatic heterocycles. The zero-order valence-corrected chi connectivity index (χ0v) is 15.9. The van der Waals surface area contributed by atoms with Crippen molar-refractivity contribution in [1.29, 1.82) is 0 Å². The second-order valence-corrected chi connectivity index (χ2v) is 7.14. The molecule has 0 bridgehead atoms. The highest BCUT2D eigenvalue weighted by atomic mass is 19.1. The molecule has 1 fully saturated rings. The molecular formula is C21H22FN5O2. The molecule has 2 heterocycles. The largest absolute Gasteiger partial charge is 0.369 e. The van der Waals surface area contributed by atoms with Gasteiger partial charge in [0.15, 0.2) is 0 Å². The van der Waals surface area contributed by atoms with Gasteiger partial charge in [-0.15, -0.1) is 0 Å². The summed E-state index contributed by atoms with van der Waals surface area (Å²) in [5.41, 5.74) is 6.70. The van der Waals surface area contributed by atoms with Crippen molar-refractivity contribution in [3.05, 3.63) is 70.5 Å². The van der Waals surface area contributed by atoms with Gasteiger partial charge >= 0.3 is 0 Å². The molecule has 1 aliphatic heterocycles. The average molecular weight is 395 g/mol. The summed E-state index contributed by atoms with van der Waals surface area (Å²) in [5.74, 6) is -0.295. The average Bonchev–Trinajstić information content (AvgIpc) is 2.72. The number of para-hydroxylation sites is 1. The molecule has 2 aromatic carbocycles. The number of primary amides is 1. The van der Waals surface area contributed by atoms with E-state index in [-0.39, 0.29) is 17.9 Å². The maximum atomic E-state index is 13.1. The summed E-state index contributed by atoms with van der Waals surface area (Å²) in [7, 11) is 0. The molecule has 7 nitrogen and oxygen atoms in total. The van der Waals surface area contributed by atoms with Crippen LogP contribution in [0.5, 0.6) is 0 Å². The smallest absolute Gasteiger partial charge is 0.261 e. The number of piperazine rings is 1. The predicted octanol–water partition coefficient (Wildman–Crippen LogP) is 1.34. The summed E-state index contributed by atoms with van der Waals surface area (Å²) in [6.45, 7) is 3.33. The van der Waals surface area contributed by atoms with E-state index in [1.165, 1.54) is 16.7 Å². The Morgan fingerprint density at radius 1 is 1.03 bits per heavy atom. The van der Waals surface area contributed by atoms with Crippen LogP contribution < -0.4 is 16.2 Å². The summed E-state index contributed by atoms with van der Waals surface area (Å²) in [6.07, 6.45) is 0. The molecule has 0 unspecified atom stereocenters. The van der Waals surface area contributed by atoms with Crippen LogP contribution in [-0.2, 0) is 17.9 Å². The number of fused-ring (bicyclic) bond motifs is 1. The Balaban J connectivity index is 1.54. The molecule has 4 rings (SSSR count). The highest BCUT2D eigenvalue weighted by Crippen LogP contribution is 2.18. The number of carbonyl (C=O) groups excluding carboxylic acids is 1. The fourth-order valence-electron chi connectivity index (χ4n) is 3.67. The minimum absolute atomic E-state index is 0.193. The highest BCUT2D eigenvalue weighted by molar-refractivity contribution is 5.78. The van der Waals surface area contributed by atoms with Crippen molar-refractivity contribution in [2.75, 3.05) is 31.1 Å². The highest BCUT2D eigenvalue weighted by Gasteiger charge is 2.20. The Kier molecular flexibility index (Phi) is 5.26. The van der Waals surface area contributed by atoms with Gasteiger partial charge in [-0.1, -0.05) is 12.1 Å². The van der Waals surface area contributed by atoms with Crippen molar-refractivity contribution < 1.29 is 9.18 Å². The summed E-state index contributed by atoms with van der Waals surface area (Å²) >= 11 is 0. The van der Waals surface area contributed by atoms with E-state index in [1.807, 2.05) is 6.07 Å². The molecule has 29 heavy (non-hydrogen) atoms. The Morgan fingerprint density at radius 3 is 2.41 bits per heavy atom. The number of carbonyl (C=O) groups is 1. The molecule has 1 amide bonds. The number of aromatic nitrogens is 2. The van der Waals surface area contributed by atoms with E-state index >= 15 is 0 Å². The van der Waals surface area contributed by atoms with Crippen LogP contribution in [0, 0.1) is 5.82 Å². The molecular weight excluding hydrogens is 373 g/mol. The first-order chi connectivity index (χ1) is 14.0. The number of amides is 1. The monoisotopic (exact) mass is 395 g/mol. The molecule has 3 aromatic rings. The van der Waals surface area contributed by atoms with Crippen LogP contribution in [0.2, 0.25) is 0 Å². The topological polar surface area (TPSA) is 84.5 Å². The van der Waals surface area contributed by atoms with E-state index in [9.17, 15) is 14.0 Å². The van der Waals surface area contributed by atoms with Crippen molar-refractivity contribution in [2.24, 2.45) is 5.73 Å². The number of nitrogens with zero attached hydrogens (tertiary/aromatic N) is 4. The molecule has 0 saturated carbocycles. The molecule has 2 N–H and O–H groups in total. The van der Waals surface area contributed by atoms with Crippen molar-refractivity contribution >= 4 is 22.5 Å². The zero-order chi connectivity index (χ0) is 20.4. The third-order valence-electron chi connectivity index (χ3n) is 5.18. The molecule has 0 radical (unpaired) electrons. The fraction of sp³-hybridized carbons (Fsp3) is 0.286. The Morgan fingerprint density at radius 2 is 1.72 bits per heavy atom. The van der Waals surface area contributed by atoms with E-state index < -0.39 is 5.91 Å². The molecule has 0 aliphatic carbocycles. The van der Waals surface area contributed by atoms with E-state index in [0.717, 1.165) is 31.9 Å². The maximum absolute atomic E-state index is 13.1. The Bertz CT molecular complexity index is 1090. The van der Waals surface area contributed by atoms with Crippen LogP contribution in [0.1, 0.15) is 5.82 Å². The second-order valence-electron chi connectivity index (χ2n) is 7.14. The molecule has 8 heteroatoms. The van der Waals surface area contributed by atoms with Crippen LogP contribution in [-0.4, -0.2) is 46.5 Å². The number of halogens is 1. The van der Waals surface area contributed by atoms with Gasteiger partial charge in [0.2, 0.25) is 5.91 Å². The first kappa shape index (κ1) is 19.1. The van der Waals surface area contributed by atoms with Crippen LogP contribution in [0.25, 0.3) is 10.9 Å². The Hall–Kier alpha value is -3.26. The second kappa shape index (κ2) is 8.00. The third-order valence-corrected chi connectivity index (χ3v) is 5.18. The van der Waals surface area contributed by atoms with Gasteiger partial charge in [-0.2, -0.15) is 0 Å². The molecule has 1 aliphatic rings. The summed E-state index contributed by atoms with van der Waals surface area (Å²) in [5, 5.41) is 0.471. The van der Waals surface area contributed by atoms with Crippen molar-refractivity contribution in [2.45, 2.75) is 13.1 Å². The quantitative estimate of drug-likeness (QED) is 0.705. The summed E-state index contributed by atoms with van der Waals surface area (Å²) in [6, 6.07) is 13.6. The maximum Gasteiger partial charge on any atom is 0.261 e. The van der Waals surface area contributed by atoms with E-state index in [2.05, 4.69) is 14.8 Å². The van der Waals surface area contributed by atoms with Crippen LogP contribution >= 0.6 is 0 Å². The van der Waals surface area contributed by atoms with Gasteiger partial charge in [-0.3, -0.25) is 19.1 Å². The molecule has 0 atom stereocenters. The lowest BCUT2D eigenvalue weighted by Crippen LogP contribution is -2.47. The van der Waals surface area contributed by atoms with Gasteiger partial charge in [0.25, 0.3) is 5.56 Å². The standard InChI is InChI=1S/C21H22FN5O2/c22-15-5-7-16(8-6-15)26-11-9-25(10-12-26)14-20-24-18-4-2-1-3-17(18)21(29)27(20)13-19(23)28/h1-8H,9-14H2,(H2,23,28). The van der Waals surface area contributed by atoms with Crippen molar-refractivity contribution in [3.63, 3.8) is 0 Å². The zero-order valence-electron chi connectivity index (χ0n) is 15.9. The minimum Gasteiger partial charge on any atom is -0.369 e. The molecule has 150 valence electrons. The number of hydrogen-bond acceptors (Lipinski definition) is 5. The number of nitrogens with two attached hydrogens (primary N) is 1. The lowest BCUT2D eigenvalue weighted by atomic mass is 10.2. The van der Waals surface area contributed by atoms with Gasteiger partial charge in [0.05, 0.1) is 17.4 Å². The molecule has 1 saturated heterocycles. The predicted molar refractivity (Wildman–Crippen MR) is 109 cm³/mol. The first-order valence-electron chi connectivity index (χ1n) is 9.51. The lowest BCUT2D eigenvalue weighted by molar-refractivity contribution is -0.118. The van der Waals surface area contributed by atoms with Crippen LogP contribution in [0.15, 0.2) is 53.3 Å². The fourth-order valence-corrected chi connectivity index (χ4v) is 3.67. The minimum atomic E-state index is -0.577. The molecule has 0 spiro atoms. The van der Waals surface area contributed by atoms with Crippen molar-refractivity contribution in [3.8, 4) is 0 Å². The number of rotatable bonds is 5. The Labute approximate surface area is 167 Å². The van der Waals surface area contributed by atoms with Gasteiger partial charge in [0.1, 0.15) is 18.2 Å². The van der Waals surface area contributed by atoms with Gasteiger partial charge in [-0.05, 0) is 36.4 Å². The summed E-state index contributed by atoms with van der Waals surface area (Å²) in [4.78, 5) is 33.4. The van der Waals surface area contributed by atoms with Crippen LogP contribution in [0.4, 0.5) is 10.1 Å². The van der Waals surface area contributed by atoms with Gasteiger partial charge in [0, 0.05) is 31.9 Å². The van der Waals surface area contributed by atoms with Crippen molar-refractivity contribution in [1.82, 2.24) is 14.5 Å².